The monoisotopic (exact) mass is 480 g/mol. The van der Waals surface area contributed by atoms with Crippen molar-refractivity contribution in [2.45, 2.75) is 11.3 Å². The van der Waals surface area contributed by atoms with Crippen LogP contribution in [0.2, 0.25) is 0 Å². The van der Waals surface area contributed by atoms with E-state index in [1.165, 1.54) is 38.8 Å². The van der Waals surface area contributed by atoms with E-state index in [0.717, 1.165) is 0 Å². The van der Waals surface area contributed by atoms with Crippen molar-refractivity contribution in [3.8, 4) is 23.0 Å². The highest BCUT2D eigenvalue weighted by Gasteiger charge is 2.29. The van der Waals surface area contributed by atoms with Crippen LogP contribution in [0.15, 0.2) is 35.2 Å². The van der Waals surface area contributed by atoms with Crippen LogP contribution in [0, 0.1) is 0 Å². The Labute approximate surface area is 193 Å². The molecule has 0 aliphatic carbocycles. The summed E-state index contributed by atoms with van der Waals surface area (Å²) in [6.45, 7) is 1.19. The number of carbonyl (C=O) groups excluding carboxylic acids is 1. The second-order valence-corrected chi connectivity index (χ2v) is 9.05. The first-order valence-corrected chi connectivity index (χ1v) is 11.6. The number of nitrogens with zero attached hydrogens (tertiary/aromatic N) is 1. The van der Waals surface area contributed by atoms with E-state index < -0.39 is 10.0 Å². The molecule has 0 atom stereocenters. The molecule has 0 radical (unpaired) electrons. The van der Waals surface area contributed by atoms with Gasteiger partial charge < -0.3 is 29.0 Å². The second-order valence-electron chi connectivity index (χ2n) is 7.14. The van der Waals surface area contributed by atoms with Gasteiger partial charge in [0.05, 0.1) is 48.1 Å². The Morgan fingerprint density at radius 3 is 2.09 bits per heavy atom. The first kappa shape index (κ1) is 24.6. The summed E-state index contributed by atoms with van der Waals surface area (Å²) in [4.78, 5) is 12.7. The zero-order valence-electron chi connectivity index (χ0n) is 19.0. The van der Waals surface area contributed by atoms with E-state index >= 15 is 0 Å². The van der Waals surface area contributed by atoms with Crippen molar-refractivity contribution in [2.24, 2.45) is 0 Å². The number of benzene rings is 2. The average Bonchev–Trinajstić information content (AvgIpc) is 2.83. The quantitative estimate of drug-likeness (QED) is 0.579. The van der Waals surface area contributed by atoms with E-state index in [4.69, 9.17) is 23.7 Å². The van der Waals surface area contributed by atoms with Crippen LogP contribution in [-0.2, 0) is 26.0 Å². The number of ether oxygens (including phenoxy) is 5. The molecule has 180 valence electrons. The summed E-state index contributed by atoms with van der Waals surface area (Å²) in [7, 11) is 2.07. The Balaban J connectivity index is 1.83. The van der Waals surface area contributed by atoms with E-state index in [9.17, 15) is 13.2 Å². The normalized spacial score (nSPS) is 14.4. The van der Waals surface area contributed by atoms with Gasteiger partial charge in [-0.25, -0.2) is 8.42 Å². The SMILES string of the molecule is COc1ccc(CC(=O)Nc2cc(OC)c(OC)c(OC)c2)cc1S(=O)(=O)N1CCOCC1. The Morgan fingerprint density at radius 1 is 0.939 bits per heavy atom. The lowest BCUT2D eigenvalue weighted by atomic mass is 10.1. The molecule has 1 amide bonds. The van der Waals surface area contributed by atoms with Crippen LogP contribution in [0.5, 0.6) is 23.0 Å². The number of nitrogens with one attached hydrogen (secondary N) is 1. The number of anilines is 1. The lowest BCUT2D eigenvalue weighted by Crippen LogP contribution is -2.40. The third-order valence-corrected chi connectivity index (χ3v) is 7.05. The van der Waals surface area contributed by atoms with E-state index in [1.807, 2.05) is 0 Å². The number of hydrogen-bond donors (Lipinski definition) is 1. The Kier molecular flexibility index (Phi) is 8.01. The van der Waals surface area contributed by atoms with Gasteiger partial charge in [0.2, 0.25) is 21.7 Å². The van der Waals surface area contributed by atoms with Crippen LogP contribution in [0.3, 0.4) is 0 Å². The highest BCUT2D eigenvalue weighted by molar-refractivity contribution is 7.89. The van der Waals surface area contributed by atoms with Crippen molar-refractivity contribution in [1.29, 1.82) is 0 Å². The molecule has 1 N–H and O–H groups in total. The summed E-state index contributed by atoms with van der Waals surface area (Å²) in [5.74, 6) is 1.08. The third kappa shape index (κ3) is 5.49. The van der Waals surface area contributed by atoms with Crippen molar-refractivity contribution >= 4 is 21.6 Å². The topological polar surface area (TPSA) is 113 Å². The molecule has 33 heavy (non-hydrogen) atoms. The molecule has 3 rings (SSSR count). The lowest BCUT2D eigenvalue weighted by Gasteiger charge is -2.26. The fourth-order valence-electron chi connectivity index (χ4n) is 3.50. The van der Waals surface area contributed by atoms with Gasteiger partial charge in [0.15, 0.2) is 11.5 Å². The maximum atomic E-state index is 13.1. The van der Waals surface area contributed by atoms with Crippen molar-refractivity contribution in [3.05, 3.63) is 35.9 Å². The summed E-state index contributed by atoms with van der Waals surface area (Å²) >= 11 is 0. The van der Waals surface area contributed by atoms with Crippen LogP contribution in [-0.4, -0.2) is 73.4 Å². The molecule has 0 aromatic heterocycles. The summed E-state index contributed by atoms with van der Waals surface area (Å²) in [6.07, 6.45) is -0.0493. The van der Waals surface area contributed by atoms with Gasteiger partial charge >= 0.3 is 0 Å². The predicted octanol–water partition coefficient (Wildman–Crippen LogP) is 1.92. The number of hydrogen-bond acceptors (Lipinski definition) is 8. The molecule has 0 unspecified atom stereocenters. The van der Waals surface area contributed by atoms with E-state index in [2.05, 4.69) is 5.32 Å². The molecule has 11 heteroatoms. The molecule has 0 spiro atoms. The molecule has 0 bridgehead atoms. The zero-order chi connectivity index (χ0) is 24.0. The summed E-state index contributed by atoms with van der Waals surface area (Å²) < 4.78 is 54.1. The van der Waals surface area contributed by atoms with Crippen molar-refractivity contribution in [1.82, 2.24) is 4.31 Å². The van der Waals surface area contributed by atoms with Gasteiger partial charge in [-0.2, -0.15) is 4.31 Å². The van der Waals surface area contributed by atoms with Gasteiger partial charge in [-0.1, -0.05) is 6.07 Å². The molecule has 2 aromatic rings. The minimum Gasteiger partial charge on any atom is -0.495 e. The molecule has 10 nitrogen and oxygen atoms in total. The van der Waals surface area contributed by atoms with E-state index in [1.54, 1.807) is 24.3 Å². The van der Waals surface area contributed by atoms with Gasteiger partial charge in [-0.15, -0.1) is 0 Å². The van der Waals surface area contributed by atoms with Crippen LogP contribution >= 0.6 is 0 Å². The highest BCUT2D eigenvalue weighted by Crippen LogP contribution is 2.40. The lowest BCUT2D eigenvalue weighted by molar-refractivity contribution is -0.115. The Morgan fingerprint density at radius 2 is 1.55 bits per heavy atom. The summed E-state index contributed by atoms with van der Waals surface area (Å²) in [5, 5.41) is 2.78. The van der Waals surface area contributed by atoms with Gasteiger partial charge in [0.1, 0.15) is 10.6 Å². The average molecular weight is 481 g/mol. The molecular weight excluding hydrogens is 452 g/mol. The predicted molar refractivity (Wildman–Crippen MR) is 121 cm³/mol. The van der Waals surface area contributed by atoms with Gasteiger partial charge in [-0.05, 0) is 17.7 Å². The number of sulfonamides is 1. The Hall–Kier alpha value is -3.02. The molecule has 1 aliphatic heterocycles. The minimum atomic E-state index is -3.80. The number of carbonyl (C=O) groups is 1. The first-order valence-electron chi connectivity index (χ1n) is 10.2. The van der Waals surface area contributed by atoms with Crippen LogP contribution < -0.4 is 24.3 Å². The molecular formula is C22H28N2O8S. The number of amides is 1. The number of rotatable bonds is 9. The summed E-state index contributed by atoms with van der Waals surface area (Å²) in [5.41, 5.74) is 0.969. The number of morpholine rings is 1. The zero-order valence-corrected chi connectivity index (χ0v) is 19.9. The smallest absolute Gasteiger partial charge is 0.246 e. The fraction of sp³-hybridized carbons (Fsp3) is 0.409. The van der Waals surface area contributed by atoms with Crippen LogP contribution in [0.1, 0.15) is 5.56 Å². The molecule has 1 saturated heterocycles. The van der Waals surface area contributed by atoms with Crippen LogP contribution in [0.25, 0.3) is 0 Å². The van der Waals surface area contributed by atoms with Crippen molar-refractivity contribution < 1.29 is 36.9 Å². The van der Waals surface area contributed by atoms with Crippen LogP contribution in [0.4, 0.5) is 5.69 Å². The number of methoxy groups -OCH3 is 4. The Bertz CT molecular complexity index is 1070. The standard InChI is InChI=1S/C22H28N2O8S/c1-28-17-6-5-15(11-20(17)33(26,27)24-7-9-32-10-8-24)12-21(25)23-16-13-18(29-2)22(31-4)19(14-16)30-3/h5-6,11,13-14H,7-10,12H2,1-4H3,(H,23,25). The van der Waals surface area contributed by atoms with E-state index in [0.29, 0.717) is 41.7 Å². The summed E-state index contributed by atoms with van der Waals surface area (Å²) in [6, 6.07) is 7.91. The first-order chi connectivity index (χ1) is 15.8. The largest absolute Gasteiger partial charge is 0.495 e. The molecule has 2 aromatic carbocycles. The van der Waals surface area contributed by atoms with Gasteiger partial charge in [-0.3, -0.25) is 4.79 Å². The molecule has 1 heterocycles. The highest BCUT2D eigenvalue weighted by atomic mass is 32.2. The molecule has 1 fully saturated rings. The maximum absolute atomic E-state index is 13.1. The molecule has 1 aliphatic rings. The van der Waals surface area contributed by atoms with Gasteiger partial charge in [0.25, 0.3) is 0 Å². The van der Waals surface area contributed by atoms with Crippen molar-refractivity contribution in [3.63, 3.8) is 0 Å². The maximum Gasteiger partial charge on any atom is 0.246 e. The second kappa shape index (κ2) is 10.7. The minimum absolute atomic E-state index is 0.0185. The van der Waals surface area contributed by atoms with Gasteiger partial charge in [0, 0.05) is 30.9 Å². The third-order valence-electron chi connectivity index (χ3n) is 5.13. The van der Waals surface area contributed by atoms with E-state index in [-0.39, 0.29) is 36.1 Å². The fourth-order valence-corrected chi connectivity index (χ4v) is 5.12. The molecule has 0 saturated carbocycles. The van der Waals surface area contributed by atoms with Crippen molar-refractivity contribution in [2.75, 3.05) is 60.1 Å².